The number of imidazole rings is 1. The second kappa shape index (κ2) is 5.58. The Balaban J connectivity index is 2.06. The van der Waals surface area contributed by atoms with Gasteiger partial charge in [0, 0.05) is 12.1 Å². The summed E-state index contributed by atoms with van der Waals surface area (Å²) in [4.78, 5) is 11.5. The number of nitrogens with zero attached hydrogens (tertiary/aromatic N) is 4. The van der Waals surface area contributed by atoms with Gasteiger partial charge in [0.2, 0.25) is 5.88 Å². The van der Waals surface area contributed by atoms with E-state index in [1.54, 1.807) is 7.11 Å². The van der Waals surface area contributed by atoms with Gasteiger partial charge < -0.3 is 14.2 Å². The lowest BCUT2D eigenvalue weighted by atomic mass is 10.1. The summed E-state index contributed by atoms with van der Waals surface area (Å²) in [6.45, 7) is 2.19. The van der Waals surface area contributed by atoms with E-state index in [2.05, 4.69) is 26.5 Å². The minimum Gasteiger partial charge on any atom is -0.481 e. The van der Waals surface area contributed by atoms with Crippen molar-refractivity contribution in [1.29, 1.82) is 0 Å². The second-order valence-electron chi connectivity index (χ2n) is 5.26. The van der Waals surface area contributed by atoms with Crippen LogP contribution in [0.1, 0.15) is 24.7 Å². The average Bonchev–Trinajstić information content (AvgIpc) is 2.85. The van der Waals surface area contributed by atoms with E-state index in [1.165, 1.54) is 0 Å². The van der Waals surface area contributed by atoms with Crippen LogP contribution in [-0.2, 0) is 5.88 Å². The van der Waals surface area contributed by atoms with Crippen LogP contribution < -0.4 is 4.74 Å². The Hall–Kier alpha value is -1.33. The first-order valence-corrected chi connectivity index (χ1v) is 7.42. The first-order valence-electron chi connectivity index (χ1n) is 6.89. The van der Waals surface area contributed by atoms with Crippen LogP contribution in [0.3, 0.4) is 0 Å². The molecular formula is C14H19ClN4O. The molecule has 1 saturated heterocycles. The summed E-state index contributed by atoms with van der Waals surface area (Å²) in [6.07, 6.45) is 2.20. The van der Waals surface area contributed by atoms with Crippen LogP contribution in [0, 0.1) is 0 Å². The van der Waals surface area contributed by atoms with E-state index in [9.17, 15) is 0 Å². The summed E-state index contributed by atoms with van der Waals surface area (Å²) >= 11 is 6.07. The molecule has 1 aliphatic heterocycles. The summed E-state index contributed by atoms with van der Waals surface area (Å²) in [5.41, 5.74) is 1.77. The molecule has 0 unspecified atom stereocenters. The molecule has 3 rings (SSSR count). The van der Waals surface area contributed by atoms with Gasteiger partial charge in [-0.15, -0.1) is 11.6 Å². The molecule has 0 saturated carbocycles. The number of methoxy groups -OCH3 is 1. The van der Waals surface area contributed by atoms with Gasteiger partial charge in [-0.25, -0.2) is 4.98 Å². The highest BCUT2D eigenvalue weighted by molar-refractivity contribution is 6.16. The van der Waals surface area contributed by atoms with Crippen molar-refractivity contribution in [2.75, 3.05) is 27.2 Å². The Kier molecular flexibility index (Phi) is 3.81. The summed E-state index contributed by atoms with van der Waals surface area (Å²) in [7, 11) is 3.79. The molecule has 0 amide bonds. The highest BCUT2D eigenvalue weighted by Crippen LogP contribution is 2.29. The van der Waals surface area contributed by atoms with Gasteiger partial charge in [-0.3, -0.25) is 0 Å². The normalized spacial score (nSPS) is 17.8. The molecule has 0 spiro atoms. The number of rotatable bonds is 3. The molecule has 6 heteroatoms. The van der Waals surface area contributed by atoms with E-state index >= 15 is 0 Å². The molecule has 0 N–H and O–H groups in total. The van der Waals surface area contributed by atoms with Crippen molar-refractivity contribution in [1.82, 2.24) is 19.4 Å². The number of hydrogen-bond donors (Lipinski definition) is 0. The van der Waals surface area contributed by atoms with Gasteiger partial charge >= 0.3 is 0 Å². The fourth-order valence-corrected chi connectivity index (χ4v) is 3.04. The Labute approximate surface area is 123 Å². The van der Waals surface area contributed by atoms with Gasteiger partial charge in [0.05, 0.1) is 13.0 Å². The number of halogens is 1. The fraction of sp³-hybridized carbons (Fsp3) is 0.571. The van der Waals surface area contributed by atoms with Crippen LogP contribution in [0.2, 0.25) is 0 Å². The van der Waals surface area contributed by atoms with Crippen LogP contribution in [0.5, 0.6) is 5.88 Å². The third-order valence-electron chi connectivity index (χ3n) is 3.97. The second-order valence-corrected chi connectivity index (χ2v) is 5.53. The maximum atomic E-state index is 6.07. The standard InChI is InChI=1S/C14H19ClN4O/c1-18-7-5-10(6-8-18)19-12(9-15)16-11-3-4-13(20-2)17-14(11)19/h3-4,10H,5-9H2,1-2H3. The van der Waals surface area contributed by atoms with Crippen LogP contribution in [0.4, 0.5) is 0 Å². The number of hydrogen-bond acceptors (Lipinski definition) is 4. The molecule has 0 aliphatic carbocycles. The smallest absolute Gasteiger partial charge is 0.215 e. The number of pyridine rings is 1. The summed E-state index contributed by atoms with van der Waals surface area (Å²) in [5.74, 6) is 1.93. The Morgan fingerprint density at radius 1 is 1.30 bits per heavy atom. The molecular weight excluding hydrogens is 276 g/mol. The average molecular weight is 295 g/mol. The van der Waals surface area contributed by atoms with Crippen molar-refractivity contribution in [3.05, 3.63) is 18.0 Å². The summed E-state index contributed by atoms with van der Waals surface area (Å²) < 4.78 is 7.44. The number of alkyl halides is 1. The van der Waals surface area contributed by atoms with Gasteiger partial charge in [0.25, 0.3) is 0 Å². The third kappa shape index (κ3) is 2.36. The number of piperidine rings is 1. The molecule has 0 radical (unpaired) electrons. The Bertz CT molecular complexity index is 604. The highest BCUT2D eigenvalue weighted by atomic mass is 35.5. The van der Waals surface area contributed by atoms with Gasteiger partial charge in [0.1, 0.15) is 11.3 Å². The van der Waals surface area contributed by atoms with Crippen molar-refractivity contribution >= 4 is 22.8 Å². The lowest BCUT2D eigenvalue weighted by molar-refractivity contribution is 0.221. The lowest BCUT2D eigenvalue weighted by Gasteiger charge is -2.30. The minimum atomic E-state index is 0.408. The minimum absolute atomic E-state index is 0.408. The molecule has 0 aromatic carbocycles. The predicted molar refractivity (Wildman–Crippen MR) is 79.4 cm³/mol. The molecule has 1 aliphatic rings. The van der Waals surface area contributed by atoms with Crippen molar-refractivity contribution in [3.8, 4) is 5.88 Å². The maximum Gasteiger partial charge on any atom is 0.215 e. The largest absolute Gasteiger partial charge is 0.481 e. The number of likely N-dealkylation sites (tertiary alicyclic amines) is 1. The van der Waals surface area contributed by atoms with Crippen molar-refractivity contribution < 1.29 is 4.74 Å². The van der Waals surface area contributed by atoms with Crippen LogP contribution in [0.15, 0.2) is 12.1 Å². The third-order valence-corrected chi connectivity index (χ3v) is 4.21. The molecule has 0 atom stereocenters. The van der Waals surface area contributed by atoms with E-state index in [4.69, 9.17) is 16.3 Å². The number of ether oxygens (including phenoxy) is 1. The Morgan fingerprint density at radius 3 is 2.70 bits per heavy atom. The van der Waals surface area contributed by atoms with E-state index in [1.807, 2.05) is 12.1 Å². The first kappa shape index (κ1) is 13.6. The van der Waals surface area contributed by atoms with E-state index in [0.29, 0.717) is 17.8 Å². The van der Waals surface area contributed by atoms with Crippen molar-refractivity contribution in [2.45, 2.75) is 24.8 Å². The first-order chi connectivity index (χ1) is 9.72. The lowest BCUT2D eigenvalue weighted by Crippen LogP contribution is -2.32. The zero-order valence-corrected chi connectivity index (χ0v) is 12.6. The van der Waals surface area contributed by atoms with Crippen molar-refractivity contribution in [2.24, 2.45) is 0 Å². The SMILES string of the molecule is COc1ccc2nc(CCl)n(C3CCN(C)CC3)c2n1. The molecule has 3 heterocycles. The zero-order valence-electron chi connectivity index (χ0n) is 11.8. The number of aromatic nitrogens is 3. The van der Waals surface area contributed by atoms with Crippen LogP contribution >= 0.6 is 11.6 Å². The predicted octanol–water partition coefficient (Wildman–Crippen LogP) is 2.45. The van der Waals surface area contributed by atoms with E-state index in [0.717, 1.165) is 42.9 Å². The molecule has 0 bridgehead atoms. The van der Waals surface area contributed by atoms with E-state index < -0.39 is 0 Å². The van der Waals surface area contributed by atoms with Crippen LogP contribution in [0.25, 0.3) is 11.2 Å². The zero-order chi connectivity index (χ0) is 14.1. The summed E-state index contributed by atoms with van der Waals surface area (Å²) in [6, 6.07) is 4.21. The monoisotopic (exact) mass is 294 g/mol. The van der Waals surface area contributed by atoms with Gasteiger partial charge in [0.15, 0.2) is 5.65 Å². The molecule has 20 heavy (non-hydrogen) atoms. The molecule has 2 aromatic rings. The maximum absolute atomic E-state index is 6.07. The molecule has 1 fully saturated rings. The summed E-state index contributed by atoms with van der Waals surface area (Å²) in [5, 5.41) is 0. The van der Waals surface area contributed by atoms with Crippen molar-refractivity contribution in [3.63, 3.8) is 0 Å². The molecule has 108 valence electrons. The van der Waals surface area contributed by atoms with Gasteiger partial charge in [-0.1, -0.05) is 0 Å². The van der Waals surface area contributed by atoms with Gasteiger partial charge in [-0.05, 0) is 39.0 Å². The Morgan fingerprint density at radius 2 is 2.05 bits per heavy atom. The van der Waals surface area contributed by atoms with Crippen LogP contribution in [-0.4, -0.2) is 46.7 Å². The van der Waals surface area contributed by atoms with Gasteiger partial charge in [-0.2, -0.15) is 4.98 Å². The molecule has 2 aromatic heterocycles. The quantitative estimate of drug-likeness (QED) is 0.816. The highest BCUT2D eigenvalue weighted by Gasteiger charge is 2.23. The number of fused-ring (bicyclic) bond motifs is 1. The fourth-order valence-electron chi connectivity index (χ4n) is 2.85. The molecule has 5 nitrogen and oxygen atoms in total. The van der Waals surface area contributed by atoms with E-state index in [-0.39, 0.29) is 0 Å². The topological polar surface area (TPSA) is 43.2 Å².